The molecule has 0 spiro atoms. The molecule has 0 bridgehead atoms. The van der Waals surface area contributed by atoms with E-state index >= 15 is 0 Å². The summed E-state index contributed by atoms with van der Waals surface area (Å²) in [6.45, 7) is 5.03. The van der Waals surface area contributed by atoms with E-state index in [9.17, 15) is 9.59 Å². The van der Waals surface area contributed by atoms with Crippen LogP contribution in [0.15, 0.2) is 47.6 Å². The first-order valence-electron chi connectivity index (χ1n) is 17.0. The third-order valence-electron chi connectivity index (χ3n) is 7.66. The third-order valence-corrected chi connectivity index (χ3v) is 7.66. The second kappa shape index (κ2) is 24.0. The van der Waals surface area contributed by atoms with E-state index in [0.717, 1.165) is 31.4 Å². The molecule has 244 valence electrons. The number of amides is 1. The number of rotatable bonds is 25. The normalized spacial score (nSPS) is 11.1. The van der Waals surface area contributed by atoms with Gasteiger partial charge >= 0.3 is 5.97 Å². The first-order chi connectivity index (χ1) is 21.6. The summed E-state index contributed by atoms with van der Waals surface area (Å²) in [5.74, 6) is 0.838. The largest absolute Gasteiger partial charge is 0.494 e. The number of ether oxygens (including phenoxy) is 3. The molecular weight excluding hydrogens is 552 g/mol. The van der Waals surface area contributed by atoms with Gasteiger partial charge < -0.3 is 14.2 Å². The molecule has 7 heteroatoms. The molecule has 1 N–H and O–H groups in total. The summed E-state index contributed by atoms with van der Waals surface area (Å²) >= 11 is 0. The summed E-state index contributed by atoms with van der Waals surface area (Å²) < 4.78 is 16.6. The molecule has 0 aliphatic rings. The average Bonchev–Trinajstić information content (AvgIpc) is 3.04. The number of carbonyl (C=O) groups is 2. The monoisotopic (exact) mass is 608 g/mol. The molecule has 44 heavy (non-hydrogen) atoms. The molecule has 0 atom stereocenters. The van der Waals surface area contributed by atoms with E-state index < -0.39 is 5.97 Å². The Kier molecular flexibility index (Phi) is 20.1. The number of nitrogens with zero attached hydrogens (tertiary/aromatic N) is 1. The van der Waals surface area contributed by atoms with Gasteiger partial charge in [-0.2, -0.15) is 5.10 Å². The molecule has 2 aromatic carbocycles. The van der Waals surface area contributed by atoms with Gasteiger partial charge in [0, 0.05) is 6.42 Å². The van der Waals surface area contributed by atoms with E-state index in [1.807, 2.05) is 0 Å². The van der Waals surface area contributed by atoms with E-state index in [1.54, 1.807) is 48.7 Å². The Balaban J connectivity index is 1.59. The van der Waals surface area contributed by atoms with Crippen LogP contribution in [0.2, 0.25) is 0 Å². The molecule has 2 rings (SSSR count). The predicted molar refractivity (Wildman–Crippen MR) is 180 cm³/mol. The Bertz CT molecular complexity index is 1080. The summed E-state index contributed by atoms with van der Waals surface area (Å²) in [6, 6.07) is 12.0. The third kappa shape index (κ3) is 16.5. The van der Waals surface area contributed by atoms with Gasteiger partial charge in [-0.05, 0) is 60.9 Å². The maximum Gasteiger partial charge on any atom is 0.343 e. The van der Waals surface area contributed by atoms with Crippen molar-refractivity contribution in [1.29, 1.82) is 0 Å². The molecule has 0 aromatic heterocycles. The highest BCUT2D eigenvalue weighted by molar-refractivity contribution is 5.91. The molecule has 0 aliphatic heterocycles. The van der Waals surface area contributed by atoms with E-state index in [-0.39, 0.29) is 5.91 Å². The van der Waals surface area contributed by atoms with Crippen LogP contribution in [0.25, 0.3) is 0 Å². The molecule has 0 radical (unpaired) electrons. The summed E-state index contributed by atoms with van der Waals surface area (Å²) in [6.07, 6.45) is 23.6. The van der Waals surface area contributed by atoms with Crippen LogP contribution >= 0.6 is 0 Å². The minimum atomic E-state index is -0.490. The van der Waals surface area contributed by atoms with Gasteiger partial charge in [-0.25, -0.2) is 10.2 Å². The molecular formula is C37H56N2O5. The highest BCUT2D eigenvalue weighted by Gasteiger charge is 2.13. The van der Waals surface area contributed by atoms with E-state index in [1.165, 1.54) is 90.6 Å². The van der Waals surface area contributed by atoms with Crippen LogP contribution < -0.4 is 19.6 Å². The van der Waals surface area contributed by atoms with Crippen molar-refractivity contribution in [1.82, 2.24) is 5.43 Å². The van der Waals surface area contributed by atoms with Crippen LogP contribution in [0.3, 0.4) is 0 Å². The summed E-state index contributed by atoms with van der Waals surface area (Å²) in [7, 11) is 1.51. The number of carbonyl (C=O) groups excluding carboxylic acids is 2. The Morgan fingerprint density at radius 3 is 1.84 bits per heavy atom. The molecule has 0 unspecified atom stereocenters. The molecule has 0 saturated heterocycles. The van der Waals surface area contributed by atoms with Gasteiger partial charge in [-0.15, -0.1) is 0 Å². The molecule has 0 aliphatic carbocycles. The number of benzene rings is 2. The second-order valence-electron chi connectivity index (χ2n) is 11.5. The molecule has 7 nitrogen and oxygen atoms in total. The van der Waals surface area contributed by atoms with Gasteiger partial charge in [-0.1, -0.05) is 110 Å². The zero-order valence-electron chi connectivity index (χ0n) is 27.5. The lowest BCUT2D eigenvalue weighted by Crippen LogP contribution is -2.16. The lowest BCUT2D eigenvalue weighted by atomic mass is 10.0. The minimum absolute atomic E-state index is 0.0877. The maximum atomic E-state index is 12.6. The second-order valence-corrected chi connectivity index (χ2v) is 11.5. The molecule has 1 amide bonds. The fourth-order valence-electron chi connectivity index (χ4n) is 4.92. The minimum Gasteiger partial charge on any atom is -0.494 e. The van der Waals surface area contributed by atoms with E-state index in [0.29, 0.717) is 35.7 Å². The molecule has 2 aromatic rings. The summed E-state index contributed by atoms with van der Waals surface area (Å²) in [5.41, 5.74) is 3.73. The number of nitrogens with one attached hydrogen (secondary N) is 1. The molecule has 0 saturated carbocycles. The lowest BCUT2D eigenvalue weighted by Gasteiger charge is -2.10. The predicted octanol–water partition coefficient (Wildman–Crippen LogP) is 9.80. The van der Waals surface area contributed by atoms with Gasteiger partial charge in [0.15, 0.2) is 11.5 Å². The number of hydrazone groups is 1. The summed E-state index contributed by atoms with van der Waals surface area (Å²) in [4.78, 5) is 24.8. The van der Waals surface area contributed by atoms with Crippen LogP contribution in [-0.4, -0.2) is 31.8 Å². The molecule has 0 heterocycles. The highest BCUT2D eigenvalue weighted by atomic mass is 16.6. The van der Waals surface area contributed by atoms with Crippen molar-refractivity contribution >= 4 is 18.1 Å². The number of methoxy groups -OCH3 is 1. The van der Waals surface area contributed by atoms with Crippen molar-refractivity contribution < 1.29 is 23.8 Å². The van der Waals surface area contributed by atoms with Gasteiger partial charge in [0.25, 0.3) is 0 Å². The van der Waals surface area contributed by atoms with Crippen molar-refractivity contribution in [3.8, 4) is 17.2 Å². The Hall–Kier alpha value is -3.35. The number of unbranched alkanes of at least 4 members (excludes halogenated alkanes) is 15. The van der Waals surface area contributed by atoms with Crippen LogP contribution in [0.5, 0.6) is 17.2 Å². The van der Waals surface area contributed by atoms with Crippen molar-refractivity contribution in [2.24, 2.45) is 5.10 Å². The number of hydrogen-bond donors (Lipinski definition) is 1. The Morgan fingerprint density at radius 1 is 0.705 bits per heavy atom. The SMILES string of the molecule is CCCCCCCCCCCCCCCCCC(=O)N/N=C\c1ccc(OC(=O)c2ccc(OCCCC)cc2)c(OC)c1. The van der Waals surface area contributed by atoms with Crippen LogP contribution in [0, 0.1) is 0 Å². The van der Waals surface area contributed by atoms with E-state index in [4.69, 9.17) is 14.2 Å². The Morgan fingerprint density at radius 2 is 1.27 bits per heavy atom. The lowest BCUT2D eigenvalue weighted by molar-refractivity contribution is -0.121. The van der Waals surface area contributed by atoms with Crippen LogP contribution in [0.1, 0.15) is 145 Å². The van der Waals surface area contributed by atoms with Crippen molar-refractivity contribution in [3.05, 3.63) is 53.6 Å². The number of hydrogen-bond acceptors (Lipinski definition) is 6. The average molecular weight is 609 g/mol. The molecule has 0 fully saturated rings. The standard InChI is InChI=1S/C37H56N2O5/c1-4-6-8-9-10-11-12-13-14-15-16-17-18-19-20-21-36(40)39-38-30-31-22-27-34(35(29-31)42-3)44-37(41)32-23-25-33(26-24-32)43-28-7-5-2/h22-27,29-30H,4-21,28H2,1-3H3,(H,39,40)/b38-30-. The van der Waals surface area contributed by atoms with Crippen LogP contribution in [-0.2, 0) is 4.79 Å². The fourth-order valence-corrected chi connectivity index (χ4v) is 4.92. The van der Waals surface area contributed by atoms with Gasteiger partial charge in [0.2, 0.25) is 5.91 Å². The van der Waals surface area contributed by atoms with Gasteiger partial charge in [0.05, 0.1) is 25.5 Å². The topological polar surface area (TPSA) is 86.2 Å². The zero-order valence-corrected chi connectivity index (χ0v) is 27.5. The van der Waals surface area contributed by atoms with Crippen molar-refractivity contribution in [2.75, 3.05) is 13.7 Å². The maximum absolute atomic E-state index is 12.6. The van der Waals surface area contributed by atoms with E-state index in [2.05, 4.69) is 24.4 Å². The number of esters is 1. The Labute approximate surface area is 266 Å². The van der Waals surface area contributed by atoms with Crippen molar-refractivity contribution in [3.63, 3.8) is 0 Å². The van der Waals surface area contributed by atoms with Gasteiger partial charge in [0.1, 0.15) is 5.75 Å². The highest BCUT2D eigenvalue weighted by Crippen LogP contribution is 2.28. The van der Waals surface area contributed by atoms with Gasteiger partial charge in [-0.3, -0.25) is 4.79 Å². The first kappa shape index (κ1) is 36.8. The smallest absolute Gasteiger partial charge is 0.343 e. The van der Waals surface area contributed by atoms with Crippen molar-refractivity contribution in [2.45, 2.75) is 129 Å². The fraction of sp³-hybridized carbons (Fsp3) is 0.595. The van der Waals surface area contributed by atoms with Crippen LogP contribution in [0.4, 0.5) is 0 Å². The first-order valence-corrected chi connectivity index (χ1v) is 17.0. The quantitative estimate of drug-likeness (QED) is 0.0399. The summed E-state index contributed by atoms with van der Waals surface area (Å²) in [5, 5.41) is 4.08. The zero-order chi connectivity index (χ0) is 31.7.